The number of aromatic carboxylic acids is 1. The summed E-state index contributed by atoms with van der Waals surface area (Å²) in [5, 5.41) is 25.1. The first-order valence-corrected chi connectivity index (χ1v) is 8.09. The number of nitro benzene ring substituents is 1. The topological polar surface area (TPSA) is 98.3 Å². The molecular formula is C19H17N3O4. The van der Waals surface area contributed by atoms with Crippen LogP contribution >= 0.6 is 0 Å². The largest absolute Gasteiger partial charge is 0.478 e. The van der Waals surface area contributed by atoms with E-state index in [9.17, 15) is 20.0 Å². The lowest BCUT2D eigenvalue weighted by Gasteiger charge is -2.06. The lowest BCUT2D eigenvalue weighted by Crippen LogP contribution is -2.05. The molecule has 0 radical (unpaired) electrons. The van der Waals surface area contributed by atoms with Crippen LogP contribution in [0.25, 0.3) is 16.9 Å². The highest BCUT2D eigenvalue weighted by Gasteiger charge is 2.24. The first-order valence-electron chi connectivity index (χ1n) is 8.09. The molecule has 0 fully saturated rings. The van der Waals surface area contributed by atoms with Crippen LogP contribution in [0, 0.1) is 17.0 Å². The number of hydrogen-bond acceptors (Lipinski definition) is 4. The Kier molecular flexibility index (Phi) is 4.53. The van der Waals surface area contributed by atoms with Gasteiger partial charge in [-0.3, -0.25) is 10.1 Å². The number of hydrogen-bond donors (Lipinski definition) is 1. The van der Waals surface area contributed by atoms with Gasteiger partial charge in [-0.25, -0.2) is 9.48 Å². The Morgan fingerprint density at radius 3 is 2.27 bits per heavy atom. The smallest absolute Gasteiger partial charge is 0.339 e. The minimum Gasteiger partial charge on any atom is -0.478 e. The molecule has 0 aliphatic carbocycles. The average Bonchev–Trinajstić information content (AvgIpc) is 3.02. The van der Waals surface area contributed by atoms with Crippen LogP contribution in [0.1, 0.15) is 28.5 Å². The van der Waals surface area contributed by atoms with E-state index in [1.165, 1.54) is 24.3 Å². The monoisotopic (exact) mass is 351 g/mol. The summed E-state index contributed by atoms with van der Waals surface area (Å²) in [7, 11) is 0. The van der Waals surface area contributed by atoms with Crippen molar-refractivity contribution in [1.82, 2.24) is 9.78 Å². The number of aryl methyl sites for hydroxylation is 1. The molecule has 0 spiro atoms. The van der Waals surface area contributed by atoms with Crippen LogP contribution in [-0.4, -0.2) is 25.8 Å². The molecule has 7 nitrogen and oxygen atoms in total. The predicted octanol–water partition coefficient (Wildman–Crippen LogP) is 4.02. The molecule has 26 heavy (non-hydrogen) atoms. The highest BCUT2D eigenvalue weighted by Crippen LogP contribution is 2.29. The second kappa shape index (κ2) is 6.79. The van der Waals surface area contributed by atoms with Gasteiger partial charge in [0.05, 0.1) is 16.3 Å². The molecule has 0 aliphatic heterocycles. The van der Waals surface area contributed by atoms with Crippen LogP contribution in [0.5, 0.6) is 0 Å². The van der Waals surface area contributed by atoms with Crippen molar-refractivity contribution in [2.75, 3.05) is 0 Å². The Morgan fingerprint density at radius 2 is 1.77 bits per heavy atom. The number of nitrogens with zero attached hydrogens (tertiary/aromatic N) is 3. The highest BCUT2D eigenvalue weighted by atomic mass is 16.6. The Bertz CT molecular complexity index is 973. The van der Waals surface area contributed by atoms with Gasteiger partial charge in [0.2, 0.25) is 0 Å². The first-order chi connectivity index (χ1) is 12.4. The molecule has 1 N–H and O–H groups in total. The zero-order valence-corrected chi connectivity index (χ0v) is 14.3. The molecule has 0 aliphatic rings. The van der Waals surface area contributed by atoms with Crippen molar-refractivity contribution in [3.63, 3.8) is 0 Å². The molecule has 1 aromatic heterocycles. The molecule has 0 unspecified atom stereocenters. The number of rotatable bonds is 5. The van der Waals surface area contributed by atoms with Crippen molar-refractivity contribution < 1.29 is 14.8 Å². The average molecular weight is 351 g/mol. The Morgan fingerprint density at radius 1 is 1.15 bits per heavy atom. The standard InChI is InChI=1S/C19H17N3O4/c1-3-16-17(19(23)24)18(13-6-10-15(11-7-13)22(25)26)20-21(16)14-8-4-12(2)5-9-14/h4-11H,3H2,1-2H3,(H,23,24). The van der Waals surface area contributed by atoms with Crippen molar-refractivity contribution in [2.45, 2.75) is 20.3 Å². The van der Waals surface area contributed by atoms with Crippen LogP contribution in [-0.2, 0) is 6.42 Å². The summed E-state index contributed by atoms with van der Waals surface area (Å²) in [5.74, 6) is -1.08. The second-order valence-corrected chi connectivity index (χ2v) is 5.88. The van der Waals surface area contributed by atoms with E-state index in [1.54, 1.807) is 4.68 Å². The fourth-order valence-electron chi connectivity index (χ4n) is 2.85. The van der Waals surface area contributed by atoms with Crippen molar-refractivity contribution in [3.8, 4) is 16.9 Å². The minimum atomic E-state index is -1.08. The van der Waals surface area contributed by atoms with Gasteiger partial charge in [0.1, 0.15) is 11.3 Å². The third-order valence-corrected chi connectivity index (χ3v) is 4.16. The summed E-state index contributed by atoms with van der Waals surface area (Å²) in [6.45, 7) is 3.84. The van der Waals surface area contributed by atoms with Crippen molar-refractivity contribution in [1.29, 1.82) is 0 Å². The van der Waals surface area contributed by atoms with Gasteiger partial charge in [0.15, 0.2) is 0 Å². The van der Waals surface area contributed by atoms with Gasteiger partial charge in [-0.05, 0) is 37.6 Å². The van der Waals surface area contributed by atoms with Gasteiger partial charge >= 0.3 is 5.97 Å². The van der Waals surface area contributed by atoms with E-state index in [2.05, 4.69) is 5.10 Å². The molecule has 7 heteroatoms. The summed E-state index contributed by atoms with van der Waals surface area (Å²) in [6, 6.07) is 13.4. The van der Waals surface area contributed by atoms with Gasteiger partial charge in [-0.1, -0.05) is 24.6 Å². The van der Waals surface area contributed by atoms with Crippen LogP contribution in [0.2, 0.25) is 0 Å². The van der Waals surface area contributed by atoms with Crippen molar-refractivity contribution in [2.24, 2.45) is 0 Å². The number of non-ortho nitro benzene ring substituents is 1. The number of benzene rings is 2. The predicted molar refractivity (Wildman–Crippen MR) is 96.7 cm³/mol. The van der Waals surface area contributed by atoms with Crippen LogP contribution in [0.3, 0.4) is 0 Å². The maximum Gasteiger partial charge on any atom is 0.339 e. The summed E-state index contributed by atoms with van der Waals surface area (Å²) in [5.41, 5.74) is 3.31. The number of carbonyl (C=O) groups is 1. The second-order valence-electron chi connectivity index (χ2n) is 5.88. The van der Waals surface area contributed by atoms with Crippen molar-refractivity contribution in [3.05, 3.63) is 75.5 Å². The van der Waals surface area contributed by atoms with Crippen LogP contribution in [0.4, 0.5) is 5.69 Å². The van der Waals surface area contributed by atoms with Gasteiger partial charge in [-0.2, -0.15) is 5.10 Å². The van der Waals surface area contributed by atoms with E-state index in [1.807, 2.05) is 38.1 Å². The van der Waals surface area contributed by atoms with Crippen molar-refractivity contribution >= 4 is 11.7 Å². The maximum absolute atomic E-state index is 11.9. The molecule has 3 rings (SSSR count). The number of carboxylic acid groups (broad SMARTS) is 1. The normalized spacial score (nSPS) is 10.7. The third-order valence-electron chi connectivity index (χ3n) is 4.16. The van der Waals surface area contributed by atoms with Gasteiger partial charge in [-0.15, -0.1) is 0 Å². The molecule has 2 aromatic carbocycles. The van der Waals surface area contributed by atoms with Crippen LogP contribution in [0.15, 0.2) is 48.5 Å². The van der Waals surface area contributed by atoms with E-state index in [0.29, 0.717) is 23.4 Å². The molecule has 1 heterocycles. The fourth-order valence-corrected chi connectivity index (χ4v) is 2.85. The molecule has 0 saturated carbocycles. The molecule has 0 amide bonds. The summed E-state index contributed by atoms with van der Waals surface area (Å²) in [6.07, 6.45) is 0.482. The molecule has 132 valence electrons. The summed E-state index contributed by atoms with van der Waals surface area (Å²) in [4.78, 5) is 22.2. The van der Waals surface area contributed by atoms with E-state index >= 15 is 0 Å². The third kappa shape index (κ3) is 3.06. The maximum atomic E-state index is 11.9. The molecule has 0 atom stereocenters. The summed E-state index contributed by atoms with van der Waals surface area (Å²) < 4.78 is 1.62. The Hall–Kier alpha value is -3.48. The summed E-state index contributed by atoms with van der Waals surface area (Å²) >= 11 is 0. The number of carboxylic acids is 1. The van der Waals surface area contributed by atoms with Gasteiger partial charge < -0.3 is 5.11 Å². The highest BCUT2D eigenvalue weighted by molar-refractivity contribution is 5.96. The fraction of sp³-hybridized carbons (Fsp3) is 0.158. The molecule has 3 aromatic rings. The minimum absolute atomic E-state index is 0.0562. The number of nitro groups is 1. The Labute approximate surface area is 149 Å². The zero-order valence-electron chi connectivity index (χ0n) is 14.3. The quantitative estimate of drug-likeness (QED) is 0.553. The van der Waals surface area contributed by atoms with E-state index in [0.717, 1.165) is 11.3 Å². The number of aromatic nitrogens is 2. The molecule has 0 saturated heterocycles. The first kappa shape index (κ1) is 17.3. The van der Waals surface area contributed by atoms with E-state index < -0.39 is 10.9 Å². The zero-order chi connectivity index (χ0) is 18.8. The molecule has 0 bridgehead atoms. The lowest BCUT2D eigenvalue weighted by molar-refractivity contribution is -0.384. The van der Waals surface area contributed by atoms with Crippen LogP contribution < -0.4 is 0 Å². The lowest BCUT2D eigenvalue weighted by atomic mass is 10.0. The Balaban J connectivity index is 2.20. The van der Waals surface area contributed by atoms with E-state index in [-0.39, 0.29) is 11.3 Å². The van der Waals surface area contributed by atoms with Gasteiger partial charge in [0.25, 0.3) is 5.69 Å². The SMILES string of the molecule is CCc1c(C(=O)O)c(-c2ccc([N+](=O)[O-])cc2)nn1-c1ccc(C)cc1. The molecular weight excluding hydrogens is 334 g/mol. The van der Waals surface area contributed by atoms with E-state index in [4.69, 9.17) is 0 Å². The van der Waals surface area contributed by atoms with Gasteiger partial charge in [0, 0.05) is 17.7 Å².